The zero-order valence-corrected chi connectivity index (χ0v) is 17.9. The van der Waals surface area contributed by atoms with Gasteiger partial charge in [-0.2, -0.15) is 0 Å². The number of non-ortho nitro benzene ring substituents is 1. The number of nitro benzene ring substituents is 1. The molecule has 0 aromatic heterocycles. The van der Waals surface area contributed by atoms with Crippen LogP contribution in [0, 0.1) is 21.3 Å². The number of carbonyl (C=O) groups is 3. The molecule has 0 spiro atoms. The molecule has 1 rings (SSSR count). The Morgan fingerprint density at radius 1 is 1.10 bits per heavy atom. The molecule has 0 saturated carbocycles. The smallest absolute Gasteiger partial charge is 0.330 e. The molecule has 1 aromatic rings. The van der Waals surface area contributed by atoms with Gasteiger partial charge in [0.05, 0.1) is 16.6 Å². The monoisotopic (exact) mass is 426 g/mol. The number of halogens is 1. The molecular weight excluding hydrogens is 399 g/mol. The standard InChI is InChI=1S/C20H27FN2O7/c1-18(2,3)20(17(27)28,10-9-15(24)25)22(19(4,5)6)16(26)13-8-7-12(23(29)30)11-14(13)21/h7-8,11H,9-10H2,1-6H3,(H,24,25)(H,27,28)/t20-/m0/s1. The lowest BCUT2D eigenvalue weighted by molar-refractivity contribution is -0.385. The molecule has 2 N–H and O–H groups in total. The van der Waals surface area contributed by atoms with Gasteiger partial charge in [-0.3, -0.25) is 19.7 Å². The molecule has 1 atom stereocenters. The topological polar surface area (TPSA) is 138 Å². The van der Waals surface area contributed by atoms with Gasteiger partial charge in [0.2, 0.25) is 0 Å². The van der Waals surface area contributed by atoms with Gasteiger partial charge in [-0.25, -0.2) is 9.18 Å². The number of nitro groups is 1. The average molecular weight is 426 g/mol. The summed E-state index contributed by atoms with van der Waals surface area (Å²) in [6, 6.07) is 2.47. The van der Waals surface area contributed by atoms with Gasteiger partial charge in [-0.15, -0.1) is 0 Å². The van der Waals surface area contributed by atoms with Gasteiger partial charge in [0, 0.05) is 18.0 Å². The number of aliphatic carboxylic acids is 2. The van der Waals surface area contributed by atoms with Gasteiger partial charge in [-0.1, -0.05) is 20.8 Å². The highest BCUT2D eigenvalue weighted by atomic mass is 19.1. The van der Waals surface area contributed by atoms with Crippen LogP contribution in [0.1, 0.15) is 64.7 Å². The molecule has 0 unspecified atom stereocenters. The van der Waals surface area contributed by atoms with Gasteiger partial charge in [0.15, 0.2) is 0 Å². The summed E-state index contributed by atoms with van der Waals surface area (Å²) in [6.07, 6.45) is -0.953. The van der Waals surface area contributed by atoms with E-state index in [1.807, 2.05) is 0 Å². The molecule has 9 nitrogen and oxygen atoms in total. The first kappa shape index (κ1) is 25.0. The van der Waals surface area contributed by atoms with E-state index in [-0.39, 0.29) is 0 Å². The van der Waals surface area contributed by atoms with Crippen LogP contribution < -0.4 is 0 Å². The van der Waals surface area contributed by atoms with E-state index in [1.165, 1.54) is 0 Å². The number of carboxylic acids is 2. The van der Waals surface area contributed by atoms with Gasteiger partial charge in [-0.05, 0) is 38.7 Å². The first-order chi connectivity index (χ1) is 13.5. The Hall–Kier alpha value is -3.04. The van der Waals surface area contributed by atoms with Crippen LogP contribution >= 0.6 is 0 Å². The molecule has 0 aliphatic carbocycles. The van der Waals surface area contributed by atoms with E-state index >= 15 is 0 Å². The molecule has 0 bridgehead atoms. The van der Waals surface area contributed by atoms with Crippen LogP contribution in [0.2, 0.25) is 0 Å². The fourth-order valence-corrected chi connectivity index (χ4v) is 3.60. The summed E-state index contributed by atoms with van der Waals surface area (Å²) in [5.74, 6) is -4.85. The van der Waals surface area contributed by atoms with Crippen LogP contribution in [-0.4, -0.2) is 49.0 Å². The Morgan fingerprint density at radius 3 is 1.97 bits per heavy atom. The van der Waals surface area contributed by atoms with Crippen molar-refractivity contribution in [2.45, 2.75) is 65.5 Å². The molecule has 0 aliphatic heterocycles. The first-order valence-electron chi connectivity index (χ1n) is 9.20. The summed E-state index contributed by atoms with van der Waals surface area (Å²) in [6.45, 7) is 9.33. The summed E-state index contributed by atoms with van der Waals surface area (Å²) in [7, 11) is 0. The third kappa shape index (κ3) is 4.74. The highest BCUT2D eigenvalue weighted by molar-refractivity contribution is 5.99. The van der Waals surface area contributed by atoms with Crippen molar-refractivity contribution >= 4 is 23.5 Å². The van der Waals surface area contributed by atoms with Crippen molar-refractivity contribution in [3.05, 3.63) is 39.7 Å². The fourth-order valence-electron chi connectivity index (χ4n) is 3.60. The third-order valence-corrected chi connectivity index (χ3v) is 4.94. The van der Waals surface area contributed by atoms with Crippen LogP contribution in [-0.2, 0) is 9.59 Å². The molecule has 30 heavy (non-hydrogen) atoms. The summed E-state index contributed by atoms with van der Waals surface area (Å²) in [5.41, 5.74) is -5.41. The lowest BCUT2D eigenvalue weighted by Gasteiger charge is -2.54. The van der Waals surface area contributed by atoms with Crippen molar-refractivity contribution in [1.29, 1.82) is 0 Å². The maximum atomic E-state index is 14.6. The number of carboxylic acid groups (broad SMARTS) is 2. The minimum Gasteiger partial charge on any atom is -0.481 e. The maximum absolute atomic E-state index is 14.6. The summed E-state index contributed by atoms with van der Waals surface area (Å²) >= 11 is 0. The molecule has 10 heteroatoms. The van der Waals surface area contributed by atoms with Gasteiger partial charge in [0.25, 0.3) is 11.6 Å². The Labute approximate surface area is 173 Å². The molecule has 1 amide bonds. The number of rotatable bonds is 7. The average Bonchev–Trinajstić information content (AvgIpc) is 2.54. The number of carbonyl (C=O) groups excluding carboxylic acids is 1. The van der Waals surface area contributed by atoms with Gasteiger partial charge >= 0.3 is 11.9 Å². The van der Waals surface area contributed by atoms with Crippen molar-refractivity contribution in [3.63, 3.8) is 0 Å². The fraction of sp³-hybridized carbons (Fsp3) is 0.550. The number of amides is 1. The minimum absolute atomic E-state index is 0.418. The molecule has 0 aliphatic rings. The highest BCUT2D eigenvalue weighted by Gasteiger charge is 2.58. The highest BCUT2D eigenvalue weighted by Crippen LogP contribution is 2.44. The van der Waals surface area contributed by atoms with Gasteiger partial charge in [0.1, 0.15) is 11.4 Å². The van der Waals surface area contributed by atoms with E-state index < -0.39 is 69.2 Å². The van der Waals surface area contributed by atoms with E-state index in [9.17, 15) is 39.1 Å². The number of benzene rings is 1. The summed E-state index contributed by atoms with van der Waals surface area (Å²) in [5, 5.41) is 30.3. The van der Waals surface area contributed by atoms with Crippen molar-refractivity contribution in [2.75, 3.05) is 0 Å². The van der Waals surface area contributed by atoms with Crippen LogP contribution in [0.15, 0.2) is 18.2 Å². The maximum Gasteiger partial charge on any atom is 0.330 e. The first-order valence-corrected chi connectivity index (χ1v) is 9.20. The van der Waals surface area contributed by atoms with Crippen LogP contribution in [0.3, 0.4) is 0 Å². The third-order valence-electron chi connectivity index (χ3n) is 4.94. The predicted molar refractivity (Wildman–Crippen MR) is 106 cm³/mol. The lowest BCUT2D eigenvalue weighted by atomic mass is 9.67. The van der Waals surface area contributed by atoms with Crippen molar-refractivity contribution in [1.82, 2.24) is 4.90 Å². The zero-order valence-electron chi connectivity index (χ0n) is 17.9. The molecule has 1 aromatic carbocycles. The molecule has 0 saturated heterocycles. The summed E-state index contributed by atoms with van der Waals surface area (Å²) < 4.78 is 14.6. The number of hydrogen-bond acceptors (Lipinski definition) is 5. The van der Waals surface area contributed by atoms with Crippen molar-refractivity contribution < 1.29 is 33.9 Å². The largest absolute Gasteiger partial charge is 0.481 e. The zero-order chi connectivity index (χ0) is 23.7. The van der Waals surface area contributed by atoms with E-state index in [4.69, 9.17) is 0 Å². The Morgan fingerprint density at radius 2 is 1.63 bits per heavy atom. The molecular formula is C20H27FN2O7. The quantitative estimate of drug-likeness (QED) is 0.500. The van der Waals surface area contributed by atoms with Crippen molar-refractivity contribution in [2.24, 2.45) is 5.41 Å². The Bertz CT molecular complexity index is 871. The lowest BCUT2D eigenvalue weighted by Crippen LogP contribution is -2.69. The minimum atomic E-state index is -2.01. The number of nitrogens with zero attached hydrogens (tertiary/aromatic N) is 2. The molecule has 0 radical (unpaired) electrons. The van der Waals surface area contributed by atoms with E-state index in [0.717, 1.165) is 17.0 Å². The second-order valence-electron chi connectivity index (χ2n) is 9.04. The van der Waals surface area contributed by atoms with E-state index in [1.54, 1.807) is 41.5 Å². The van der Waals surface area contributed by atoms with Gasteiger partial charge < -0.3 is 15.1 Å². The Balaban J connectivity index is 3.80. The predicted octanol–water partition coefficient (Wildman–Crippen LogP) is 3.71. The SMILES string of the molecule is CC(C)(C)N(C(=O)c1ccc([N+](=O)[O-])cc1F)[C@@](CCC(=O)O)(C(=O)O)C(C)(C)C. The van der Waals surface area contributed by atoms with E-state index in [2.05, 4.69) is 0 Å². The molecule has 166 valence electrons. The van der Waals surface area contributed by atoms with Crippen LogP contribution in [0.5, 0.6) is 0 Å². The second-order valence-corrected chi connectivity index (χ2v) is 9.04. The summed E-state index contributed by atoms with van der Waals surface area (Å²) in [4.78, 5) is 48.3. The van der Waals surface area contributed by atoms with E-state index in [0.29, 0.717) is 6.07 Å². The Kier molecular flexibility index (Phi) is 6.97. The van der Waals surface area contributed by atoms with Crippen LogP contribution in [0.25, 0.3) is 0 Å². The normalized spacial score (nSPS) is 14.0. The second kappa shape index (κ2) is 8.37. The van der Waals surface area contributed by atoms with Crippen molar-refractivity contribution in [3.8, 4) is 0 Å². The van der Waals surface area contributed by atoms with Crippen LogP contribution in [0.4, 0.5) is 10.1 Å². The molecule has 0 fully saturated rings. The number of hydrogen-bond donors (Lipinski definition) is 2. The molecule has 0 heterocycles.